The molecule has 0 bridgehead atoms. The van der Waals surface area contributed by atoms with E-state index in [0.717, 1.165) is 11.3 Å². The number of nitrogens with one attached hydrogen (secondary N) is 1. The predicted octanol–water partition coefficient (Wildman–Crippen LogP) is 1.44. The first-order chi connectivity index (χ1) is 8.26. The van der Waals surface area contributed by atoms with Crippen LogP contribution in [0.1, 0.15) is 5.56 Å². The maximum absolute atomic E-state index is 11.5. The van der Waals surface area contributed by atoms with Crippen LogP contribution < -0.4 is 14.8 Å². The molecule has 1 saturated heterocycles. The lowest BCUT2D eigenvalue weighted by Gasteiger charge is -2.13. The lowest BCUT2D eigenvalue weighted by molar-refractivity contribution is -0.119. The average Bonchev–Trinajstić information content (AvgIpc) is 2.74. The zero-order valence-corrected chi connectivity index (χ0v) is 10.7. The van der Waals surface area contributed by atoms with Crippen molar-refractivity contribution in [2.75, 3.05) is 20.1 Å². The summed E-state index contributed by atoms with van der Waals surface area (Å²) in [4.78, 5) is 11.5. The van der Waals surface area contributed by atoms with Crippen molar-refractivity contribution in [2.24, 2.45) is 0 Å². The lowest BCUT2D eigenvalue weighted by Crippen LogP contribution is -2.24. The molecule has 1 aliphatic heterocycles. The summed E-state index contributed by atoms with van der Waals surface area (Å²) < 4.78 is 10.6. The van der Waals surface area contributed by atoms with E-state index >= 15 is 0 Å². The van der Waals surface area contributed by atoms with Gasteiger partial charge in [0, 0.05) is 0 Å². The summed E-state index contributed by atoms with van der Waals surface area (Å²) in [5.74, 6) is 2.21. The fourth-order valence-electron chi connectivity index (χ4n) is 1.87. The van der Waals surface area contributed by atoms with Crippen LogP contribution in [0.15, 0.2) is 18.2 Å². The van der Waals surface area contributed by atoms with Gasteiger partial charge in [0.15, 0.2) is 11.5 Å². The summed E-state index contributed by atoms with van der Waals surface area (Å²) >= 11 is 1.62. The van der Waals surface area contributed by atoms with E-state index in [2.05, 4.69) is 5.32 Å². The smallest absolute Gasteiger partial charge is 0.234 e. The Kier molecular flexibility index (Phi) is 3.78. The highest BCUT2D eigenvalue weighted by atomic mass is 32.2. The third kappa shape index (κ3) is 2.49. The number of hydrogen-bond donors (Lipinski definition) is 1. The Bertz CT molecular complexity index is 422. The third-order valence-electron chi connectivity index (χ3n) is 2.71. The monoisotopic (exact) mass is 253 g/mol. The van der Waals surface area contributed by atoms with E-state index in [-0.39, 0.29) is 11.2 Å². The van der Waals surface area contributed by atoms with Crippen molar-refractivity contribution in [2.45, 2.75) is 11.7 Å². The molecule has 1 N–H and O–H groups in total. The van der Waals surface area contributed by atoms with E-state index in [1.807, 2.05) is 18.2 Å². The van der Waals surface area contributed by atoms with Gasteiger partial charge in [0.05, 0.1) is 25.3 Å². The Hall–Kier alpha value is -1.36. The minimum absolute atomic E-state index is 0.0315. The molecule has 17 heavy (non-hydrogen) atoms. The quantitative estimate of drug-likeness (QED) is 0.882. The summed E-state index contributed by atoms with van der Waals surface area (Å²) in [5.41, 5.74) is 1.00. The van der Waals surface area contributed by atoms with Gasteiger partial charge in [-0.3, -0.25) is 4.79 Å². The number of thioether (sulfide) groups is 1. The maximum Gasteiger partial charge on any atom is 0.234 e. The highest BCUT2D eigenvalue weighted by Crippen LogP contribution is 2.33. The van der Waals surface area contributed by atoms with Gasteiger partial charge in [0.1, 0.15) is 0 Å². The highest BCUT2D eigenvalue weighted by molar-refractivity contribution is 8.01. The van der Waals surface area contributed by atoms with Crippen molar-refractivity contribution < 1.29 is 14.3 Å². The van der Waals surface area contributed by atoms with E-state index in [4.69, 9.17) is 9.47 Å². The van der Waals surface area contributed by atoms with Crippen LogP contribution >= 0.6 is 11.8 Å². The number of hydrogen-bond acceptors (Lipinski definition) is 4. The van der Waals surface area contributed by atoms with E-state index in [1.165, 1.54) is 0 Å². The van der Waals surface area contributed by atoms with Crippen molar-refractivity contribution in [3.63, 3.8) is 0 Å². The lowest BCUT2D eigenvalue weighted by atomic mass is 10.1. The molecule has 5 heteroatoms. The summed E-state index contributed by atoms with van der Waals surface area (Å²) in [5, 5.41) is 2.78. The predicted molar refractivity (Wildman–Crippen MR) is 67.6 cm³/mol. The molecular formula is C12H15NO3S. The fourth-order valence-corrected chi connectivity index (χ4v) is 2.83. The Morgan fingerprint density at radius 2 is 2.24 bits per heavy atom. The van der Waals surface area contributed by atoms with Gasteiger partial charge in [-0.1, -0.05) is 12.1 Å². The molecule has 2 rings (SSSR count). The number of rotatable bonds is 4. The van der Waals surface area contributed by atoms with Crippen LogP contribution in [0.2, 0.25) is 0 Å². The van der Waals surface area contributed by atoms with Crippen LogP contribution in [-0.2, 0) is 11.2 Å². The van der Waals surface area contributed by atoms with E-state index in [1.54, 1.807) is 26.0 Å². The molecular weight excluding hydrogens is 238 g/mol. The molecule has 1 heterocycles. The minimum Gasteiger partial charge on any atom is -0.493 e. The Balaban J connectivity index is 2.22. The first-order valence-electron chi connectivity index (χ1n) is 5.35. The largest absolute Gasteiger partial charge is 0.493 e. The van der Waals surface area contributed by atoms with Crippen LogP contribution in [0, 0.1) is 0 Å². The molecule has 1 unspecified atom stereocenters. The molecule has 1 aromatic carbocycles. The third-order valence-corrected chi connectivity index (χ3v) is 3.81. The summed E-state index contributed by atoms with van der Waals surface area (Å²) in [6.45, 7) is 0. The van der Waals surface area contributed by atoms with Crippen LogP contribution in [0.25, 0.3) is 0 Å². The molecule has 0 aromatic heterocycles. The molecule has 1 amide bonds. The molecule has 1 aliphatic rings. The van der Waals surface area contributed by atoms with Crippen molar-refractivity contribution in [3.8, 4) is 11.5 Å². The molecule has 4 nitrogen and oxygen atoms in total. The van der Waals surface area contributed by atoms with Gasteiger partial charge >= 0.3 is 0 Å². The van der Waals surface area contributed by atoms with E-state index in [9.17, 15) is 4.79 Å². The zero-order valence-electron chi connectivity index (χ0n) is 9.86. The van der Waals surface area contributed by atoms with Crippen LogP contribution in [0.4, 0.5) is 0 Å². The number of methoxy groups -OCH3 is 2. The molecule has 1 aromatic rings. The van der Waals surface area contributed by atoms with E-state index in [0.29, 0.717) is 18.0 Å². The standard InChI is InChI=1S/C12H15NO3S/c1-15-9-5-3-4-8(11(9)16-2)6-10-12(14)13-7-17-10/h3-5,10H,6-7H2,1-2H3,(H,13,14). The van der Waals surface area contributed by atoms with E-state index < -0.39 is 0 Å². The van der Waals surface area contributed by atoms with Crippen LogP contribution in [0.5, 0.6) is 11.5 Å². The summed E-state index contributed by atoms with van der Waals surface area (Å²) in [6.07, 6.45) is 0.664. The second-order valence-corrected chi connectivity index (χ2v) is 4.89. The Morgan fingerprint density at radius 1 is 1.41 bits per heavy atom. The van der Waals surface area contributed by atoms with Crippen molar-refractivity contribution in [1.82, 2.24) is 5.32 Å². The van der Waals surface area contributed by atoms with Crippen LogP contribution in [-0.4, -0.2) is 31.3 Å². The van der Waals surface area contributed by atoms with Gasteiger partial charge in [-0.25, -0.2) is 0 Å². The molecule has 92 valence electrons. The second kappa shape index (κ2) is 5.31. The fraction of sp³-hybridized carbons (Fsp3) is 0.417. The summed E-state index contributed by atoms with van der Waals surface area (Å²) in [7, 11) is 3.22. The van der Waals surface area contributed by atoms with Gasteiger partial charge in [-0.2, -0.15) is 0 Å². The number of carbonyl (C=O) groups is 1. The number of para-hydroxylation sites is 1. The normalized spacial score (nSPS) is 18.9. The molecule has 1 fully saturated rings. The Labute approximate surface area is 105 Å². The number of ether oxygens (including phenoxy) is 2. The first-order valence-corrected chi connectivity index (χ1v) is 6.40. The number of carbonyl (C=O) groups excluding carboxylic acids is 1. The minimum atomic E-state index is -0.0315. The van der Waals surface area contributed by atoms with Gasteiger partial charge in [-0.05, 0) is 18.1 Å². The average molecular weight is 253 g/mol. The van der Waals surface area contributed by atoms with Crippen molar-refractivity contribution in [1.29, 1.82) is 0 Å². The molecule has 1 atom stereocenters. The number of benzene rings is 1. The highest BCUT2D eigenvalue weighted by Gasteiger charge is 2.26. The first kappa shape index (κ1) is 12.1. The topological polar surface area (TPSA) is 47.6 Å². The van der Waals surface area contributed by atoms with Crippen LogP contribution in [0.3, 0.4) is 0 Å². The zero-order chi connectivity index (χ0) is 12.3. The van der Waals surface area contributed by atoms with Gasteiger partial charge in [0.25, 0.3) is 0 Å². The van der Waals surface area contributed by atoms with Gasteiger partial charge < -0.3 is 14.8 Å². The summed E-state index contributed by atoms with van der Waals surface area (Å²) in [6, 6.07) is 5.73. The molecule has 0 saturated carbocycles. The molecule has 0 aliphatic carbocycles. The SMILES string of the molecule is COc1cccc(CC2SCNC2=O)c1OC. The Morgan fingerprint density at radius 3 is 2.82 bits per heavy atom. The van der Waals surface area contributed by atoms with Gasteiger partial charge in [-0.15, -0.1) is 11.8 Å². The maximum atomic E-state index is 11.5. The molecule has 0 spiro atoms. The second-order valence-electron chi connectivity index (χ2n) is 3.70. The van der Waals surface area contributed by atoms with Gasteiger partial charge in [0.2, 0.25) is 5.91 Å². The van der Waals surface area contributed by atoms with Crippen molar-refractivity contribution in [3.05, 3.63) is 23.8 Å². The van der Waals surface area contributed by atoms with Crippen molar-refractivity contribution >= 4 is 17.7 Å². The molecule has 0 radical (unpaired) electrons. The number of amides is 1.